The molecule has 0 unspecified atom stereocenters. The Morgan fingerprint density at radius 1 is 1.41 bits per heavy atom. The molecule has 4 atom stereocenters. The topological polar surface area (TPSA) is 85.1 Å². The van der Waals surface area contributed by atoms with Crippen molar-refractivity contribution in [2.24, 2.45) is 0 Å². The number of amides is 1. The third-order valence-corrected chi connectivity index (χ3v) is 4.33. The van der Waals surface area contributed by atoms with Crippen molar-refractivity contribution in [3.63, 3.8) is 0 Å². The summed E-state index contributed by atoms with van der Waals surface area (Å²) < 4.78 is 12.7. The van der Waals surface area contributed by atoms with E-state index in [1.54, 1.807) is 10.7 Å². The number of ether oxygens (including phenoxy) is 2. The number of rotatable bonds is 2. The summed E-state index contributed by atoms with van der Waals surface area (Å²) in [6.45, 7) is 2.53. The minimum absolute atomic E-state index is 0.205. The fraction of sp³-hybridized carbons (Fsp3) is 0.467. The molecule has 0 bridgehead atoms. The number of aryl methyl sites for hydroxylation is 1. The Hall–Kier alpha value is -1.96. The Morgan fingerprint density at radius 2 is 2.23 bits per heavy atom. The largest absolute Gasteiger partial charge is 0.388 e. The molecule has 0 aliphatic carbocycles. The molecule has 2 aromatic heterocycles. The summed E-state index contributed by atoms with van der Waals surface area (Å²) in [5.74, 6) is -0.205. The molecule has 2 saturated heterocycles. The maximum Gasteiger partial charge on any atom is 0.255 e. The van der Waals surface area contributed by atoms with Gasteiger partial charge in [-0.1, -0.05) is 6.07 Å². The lowest BCUT2D eigenvalue weighted by Gasteiger charge is -2.17. The van der Waals surface area contributed by atoms with Gasteiger partial charge in [0.25, 0.3) is 5.91 Å². The molecule has 4 heterocycles. The first-order valence-electron chi connectivity index (χ1n) is 7.30. The van der Waals surface area contributed by atoms with E-state index in [0.29, 0.717) is 12.2 Å². The van der Waals surface area contributed by atoms with Crippen LogP contribution in [0.1, 0.15) is 15.9 Å². The number of carbonyl (C=O) groups is 1. The zero-order valence-electron chi connectivity index (χ0n) is 12.1. The van der Waals surface area contributed by atoms with Gasteiger partial charge in [0.05, 0.1) is 36.5 Å². The molecule has 7 heteroatoms. The number of aromatic nitrogens is 2. The number of hydrogen-bond donors (Lipinski definition) is 2. The number of hydrogen-bond acceptors (Lipinski definition) is 5. The highest BCUT2D eigenvalue weighted by Crippen LogP contribution is 2.27. The van der Waals surface area contributed by atoms with E-state index in [1.165, 1.54) is 0 Å². The van der Waals surface area contributed by atoms with Gasteiger partial charge in [-0.2, -0.15) is 5.10 Å². The summed E-state index contributed by atoms with van der Waals surface area (Å²) in [4.78, 5) is 12.6. The van der Waals surface area contributed by atoms with E-state index in [1.807, 2.05) is 25.3 Å². The minimum Gasteiger partial charge on any atom is -0.388 e. The second kappa shape index (κ2) is 5.05. The van der Waals surface area contributed by atoms with Crippen molar-refractivity contribution in [3.05, 3.63) is 35.7 Å². The van der Waals surface area contributed by atoms with Gasteiger partial charge < -0.3 is 19.9 Å². The van der Waals surface area contributed by atoms with Crippen LogP contribution in [-0.4, -0.2) is 58.2 Å². The number of carbonyl (C=O) groups excluding carboxylic acids is 1. The van der Waals surface area contributed by atoms with Gasteiger partial charge in [0.2, 0.25) is 0 Å². The maximum atomic E-state index is 12.6. The highest BCUT2D eigenvalue weighted by Gasteiger charge is 2.47. The van der Waals surface area contributed by atoms with Crippen LogP contribution in [0.3, 0.4) is 0 Å². The van der Waals surface area contributed by atoms with Crippen molar-refractivity contribution in [3.8, 4) is 0 Å². The first-order valence-corrected chi connectivity index (χ1v) is 7.30. The van der Waals surface area contributed by atoms with Crippen molar-refractivity contribution in [2.45, 2.75) is 31.3 Å². The Labute approximate surface area is 126 Å². The standard InChI is InChI=1S/C15H17N3O4/c1-8-3-2-4-18-12(8)9(5-16-18)15(20)17-10-6-21-14-11(19)7-22-13(10)14/h2-5,10-11,13-14,19H,6-7H2,1H3,(H,17,20)/t10-,11-,13-,14-/m1/s1. The highest BCUT2D eigenvalue weighted by molar-refractivity contribution is 6.01. The van der Waals surface area contributed by atoms with E-state index in [2.05, 4.69) is 10.4 Å². The fourth-order valence-electron chi connectivity index (χ4n) is 3.23. The smallest absolute Gasteiger partial charge is 0.255 e. The number of nitrogens with zero attached hydrogens (tertiary/aromatic N) is 2. The lowest BCUT2D eigenvalue weighted by molar-refractivity contribution is 0.0178. The van der Waals surface area contributed by atoms with Crippen LogP contribution in [0.25, 0.3) is 5.52 Å². The zero-order chi connectivity index (χ0) is 15.3. The van der Waals surface area contributed by atoms with Crippen LogP contribution in [0.15, 0.2) is 24.5 Å². The summed E-state index contributed by atoms with van der Waals surface area (Å²) in [5.41, 5.74) is 2.31. The van der Waals surface area contributed by atoms with E-state index >= 15 is 0 Å². The minimum atomic E-state index is -0.619. The molecule has 0 radical (unpaired) electrons. The van der Waals surface area contributed by atoms with E-state index < -0.39 is 6.10 Å². The van der Waals surface area contributed by atoms with Crippen LogP contribution in [0.5, 0.6) is 0 Å². The van der Waals surface area contributed by atoms with Gasteiger partial charge in [0, 0.05) is 6.20 Å². The van der Waals surface area contributed by atoms with Gasteiger partial charge in [-0.3, -0.25) is 4.79 Å². The van der Waals surface area contributed by atoms with Crippen molar-refractivity contribution in [1.29, 1.82) is 0 Å². The van der Waals surface area contributed by atoms with Gasteiger partial charge in [0.1, 0.15) is 18.3 Å². The summed E-state index contributed by atoms with van der Waals surface area (Å²) in [5, 5.41) is 16.9. The second-order valence-electron chi connectivity index (χ2n) is 5.79. The summed E-state index contributed by atoms with van der Waals surface area (Å²) >= 11 is 0. The number of aliphatic hydroxyl groups excluding tert-OH is 1. The summed E-state index contributed by atoms with van der Waals surface area (Å²) in [7, 11) is 0. The SMILES string of the molecule is Cc1cccn2ncc(C(=O)N[C@@H]3CO[C@H]4[C@@H]3OC[C@H]4O)c12. The lowest BCUT2D eigenvalue weighted by atomic mass is 10.1. The predicted octanol–water partition coefficient (Wildman–Crippen LogP) is -0.100. The number of pyridine rings is 1. The summed E-state index contributed by atoms with van der Waals surface area (Å²) in [6, 6.07) is 3.58. The molecule has 2 aliphatic heterocycles. The van der Waals surface area contributed by atoms with Crippen LogP contribution >= 0.6 is 0 Å². The number of aliphatic hydroxyl groups is 1. The molecule has 2 aromatic rings. The third-order valence-electron chi connectivity index (χ3n) is 4.33. The van der Waals surface area contributed by atoms with Gasteiger partial charge in [0.15, 0.2) is 0 Å². The molecule has 4 rings (SSSR count). The van der Waals surface area contributed by atoms with Crippen LogP contribution in [0.4, 0.5) is 0 Å². The van der Waals surface area contributed by atoms with E-state index in [9.17, 15) is 9.90 Å². The zero-order valence-corrected chi connectivity index (χ0v) is 12.1. The molecule has 22 heavy (non-hydrogen) atoms. The molecule has 116 valence electrons. The fourth-order valence-corrected chi connectivity index (χ4v) is 3.23. The Morgan fingerprint density at radius 3 is 3.09 bits per heavy atom. The van der Waals surface area contributed by atoms with E-state index in [4.69, 9.17) is 9.47 Å². The second-order valence-corrected chi connectivity index (χ2v) is 5.79. The third kappa shape index (κ3) is 2.01. The molecule has 2 fully saturated rings. The van der Waals surface area contributed by atoms with Crippen LogP contribution in [-0.2, 0) is 9.47 Å². The van der Waals surface area contributed by atoms with E-state index in [-0.39, 0.29) is 30.8 Å². The van der Waals surface area contributed by atoms with Crippen molar-refractivity contribution >= 4 is 11.4 Å². The lowest BCUT2D eigenvalue weighted by Crippen LogP contribution is -2.44. The van der Waals surface area contributed by atoms with Crippen molar-refractivity contribution < 1.29 is 19.4 Å². The molecule has 7 nitrogen and oxygen atoms in total. The quantitative estimate of drug-likeness (QED) is 0.809. The van der Waals surface area contributed by atoms with Gasteiger partial charge in [-0.15, -0.1) is 0 Å². The van der Waals surface area contributed by atoms with Crippen LogP contribution in [0, 0.1) is 6.92 Å². The summed E-state index contributed by atoms with van der Waals surface area (Å²) in [6.07, 6.45) is 2.11. The van der Waals surface area contributed by atoms with Gasteiger partial charge >= 0.3 is 0 Å². The predicted molar refractivity (Wildman–Crippen MR) is 76.7 cm³/mol. The Kier molecular flexibility index (Phi) is 3.14. The molecule has 2 aliphatic rings. The average molecular weight is 303 g/mol. The maximum absolute atomic E-state index is 12.6. The van der Waals surface area contributed by atoms with Crippen LogP contribution < -0.4 is 5.32 Å². The molecule has 1 amide bonds. The Bertz CT molecular complexity index is 729. The Balaban J connectivity index is 1.57. The van der Waals surface area contributed by atoms with Crippen molar-refractivity contribution in [1.82, 2.24) is 14.9 Å². The molecule has 0 spiro atoms. The van der Waals surface area contributed by atoms with Crippen molar-refractivity contribution in [2.75, 3.05) is 13.2 Å². The van der Waals surface area contributed by atoms with Gasteiger partial charge in [-0.05, 0) is 18.6 Å². The molecule has 2 N–H and O–H groups in total. The molecular formula is C15H17N3O4. The van der Waals surface area contributed by atoms with E-state index in [0.717, 1.165) is 11.1 Å². The first kappa shape index (κ1) is 13.7. The number of fused-ring (bicyclic) bond motifs is 2. The van der Waals surface area contributed by atoms with Gasteiger partial charge in [-0.25, -0.2) is 4.52 Å². The molecule has 0 saturated carbocycles. The highest BCUT2D eigenvalue weighted by atomic mass is 16.6. The first-order chi connectivity index (χ1) is 10.6. The number of nitrogens with one attached hydrogen (secondary N) is 1. The average Bonchev–Trinajstić information content (AvgIpc) is 3.17. The normalized spacial score (nSPS) is 30.6. The molecule has 0 aromatic carbocycles. The monoisotopic (exact) mass is 303 g/mol. The van der Waals surface area contributed by atoms with Crippen LogP contribution in [0.2, 0.25) is 0 Å². The molecular weight excluding hydrogens is 286 g/mol.